The quantitative estimate of drug-likeness (QED) is 0.133. The second-order valence-electron chi connectivity index (χ2n) is 28.9. The molecule has 0 heterocycles. The zero-order chi connectivity index (χ0) is 73.7. The van der Waals surface area contributed by atoms with Crippen LogP contribution in [0.2, 0.25) is 0 Å². The maximum absolute atomic E-state index is 2.32. The molecule has 0 spiro atoms. The van der Waals surface area contributed by atoms with Crippen molar-refractivity contribution in [1.82, 2.24) is 0 Å². The van der Waals surface area contributed by atoms with E-state index in [-0.39, 0.29) is 0 Å². The summed E-state index contributed by atoms with van der Waals surface area (Å²) in [5.74, 6) is 0. The molecular formula is C109H82. The molecule has 0 aliphatic rings. The first-order valence-corrected chi connectivity index (χ1v) is 37.9. The Kier molecular flexibility index (Phi) is 19.2. The molecular weight excluding hydrogens is 1310 g/mol. The SMILES string of the molecule is Cc1ccc(-c2ccc(-c3c4ccccc4c(C)c4ccccc34)cc2)cc1.Cc1ccc(-c2ccc(-c3c4ccccc4cc4ccccc34)cc2)cc1.Cc1cccc(-c2cccc(-c3c4ccccc4cc4ccccc34)c2)c1.Cc1ccccc1-c1ccccc1-c1c2ccccc2cc2ccccc12. The van der Waals surface area contributed by atoms with Gasteiger partial charge in [-0.15, -0.1) is 0 Å². The van der Waals surface area contributed by atoms with Crippen LogP contribution in [-0.4, -0.2) is 0 Å². The molecule has 20 aromatic rings. The third kappa shape index (κ3) is 14.0. The maximum atomic E-state index is 2.32. The van der Waals surface area contributed by atoms with Crippen LogP contribution in [0.25, 0.3) is 175 Å². The van der Waals surface area contributed by atoms with E-state index in [4.69, 9.17) is 0 Å². The summed E-state index contributed by atoms with van der Waals surface area (Å²) in [4.78, 5) is 0. The summed E-state index contributed by atoms with van der Waals surface area (Å²) < 4.78 is 0. The van der Waals surface area contributed by atoms with Crippen molar-refractivity contribution in [2.75, 3.05) is 0 Å². The minimum Gasteiger partial charge on any atom is -0.0620 e. The van der Waals surface area contributed by atoms with E-state index in [0.717, 1.165) is 0 Å². The Morgan fingerprint density at radius 3 is 0.807 bits per heavy atom. The van der Waals surface area contributed by atoms with Crippen LogP contribution < -0.4 is 0 Å². The van der Waals surface area contributed by atoms with Crippen LogP contribution >= 0.6 is 0 Å². The number of aryl methyl sites for hydroxylation is 5. The van der Waals surface area contributed by atoms with Gasteiger partial charge in [0.15, 0.2) is 0 Å². The Bertz CT molecular complexity index is 6510. The third-order valence-electron chi connectivity index (χ3n) is 21.8. The molecule has 0 bridgehead atoms. The lowest BCUT2D eigenvalue weighted by molar-refractivity contribution is 1.46. The molecule has 0 atom stereocenters. The highest BCUT2D eigenvalue weighted by Crippen LogP contribution is 2.45. The molecule has 0 fully saturated rings. The Hall–Kier alpha value is -13.5. The predicted octanol–water partition coefficient (Wildman–Crippen LogP) is 30.9. The van der Waals surface area contributed by atoms with E-state index in [9.17, 15) is 0 Å². The number of rotatable bonds is 8. The van der Waals surface area contributed by atoms with Gasteiger partial charge >= 0.3 is 0 Å². The minimum atomic E-state index is 1.25. The summed E-state index contributed by atoms with van der Waals surface area (Å²) in [5.41, 5.74) is 27.0. The molecule has 0 heteroatoms. The average molecular weight is 1390 g/mol. The largest absolute Gasteiger partial charge is 0.0620 e. The fraction of sp³-hybridized carbons (Fsp3) is 0.0459. The first-order valence-electron chi connectivity index (χ1n) is 37.9. The van der Waals surface area contributed by atoms with E-state index in [0.29, 0.717) is 0 Å². The number of hydrogen-bond donors (Lipinski definition) is 0. The summed E-state index contributed by atoms with van der Waals surface area (Å²) in [6.07, 6.45) is 0. The van der Waals surface area contributed by atoms with Crippen molar-refractivity contribution >= 4 is 86.2 Å². The van der Waals surface area contributed by atoms with Crippen LogP contribution in [0.5, 0.6) is 0 Å². The van der Waals surface area contributed by atoms with Gasteiger partial charge < -0.3 is 0 Å². The molecule has 0 saturated heterocycles. The Morgan fingerprint density at radius 2 is 0.413 bits per heavy atom. The van der Waals surface area contributed by atoms with Gasteiger partial charge in [-0.3, -0.25) is 0 Å². The van der Waals surface area contributed by atoms with Gasteiger partial charge in [0.1, 0.15) is 0 Å². The van der Waals surface area contributed by atoms with Gasteiger partial charge in [0.05, 0.1) is 0 Å². The first kappa shape index (κ1) is 68.6. The van der Waals surface area contributed by atoms with E-state index in [1.54, 1.807) is 0 Å². The van der Waals surface area contributed by atoms with Crippen LogP contribution in [0.15, 0.2) is 406 Å². The fourth-order valence-electron chi connectivity index (χ4n) is 16.3. The third-order valence-corrected chi connectivity index (χ3v) is 21.8. The lowest BCUT2D eigenvalue weighted by atomic mass is 9.87. The molecule has 0 aliphatic heterocycles. The second-order valence-corrected chi connectivity index (χ2v) is 28.9. The monoisotopic (exact) mass is 1390 g/mol. The number of benzene rings is 20. The molecule has 0 radical (unpaired) electrons. The molecule has 20 rings (SSSR count). The van der Waals surface area contributed by atoms with Gasteiger partial charge in [0.2, 0.25) is 0 Å². The smallest absolute Gasteiger partial charge is 0.00206 e. The molecule has 0 unspecified atom stereocenters. The summed E-state index contributed by atoms with van der Waals surface area (Å²) in [6, 6.07) is 147. The van der Waals surface area contributed by atoms with E-state index < -0.39 is 0 Å². The van der Waals surface area contributed by atoms with Gasteiger partial charge in [-0.25, -0.2) is 0 Å². The summed E-state index contributed by atoms with van der Waals surface area (Å²) in [6.45, 7) is 10.8. The highest BCUT2D eigenvalue weighted by Gasteiger charge is 2.18. The second kappa shape index (κ2) is 30.5. The van der Waals surface area contributed by atoms with Crippen LogP contribution in [0.3, 0.4) is 0 Å². The molecule has 0 aromatic heterocycles. The summed E-state index contributed by atoms with van der Waals surface area (Å²) in [7, 11) is 0. The molecule has 518 valence electrons. The first-order chi connectivity index (χ1) is 53.6. The highest BCUT2D eigenvalue weighted by atomic mass is 14.2. The van der Waals surface area contributed by atoms with Crippen molar-refractivity contribution in [3.05, 3.63) is 434 Å². The molecule has 0 aliphatic carbocycles. The molecule has 0 N–H and O–H groups in total. The van der Waals surface area contributed by atoms with Crippen LogP contribution in [-0.2, 0) is 0 Å². The van der Waals surface area contributed by atoms with Gasteiger partial charge in [-0.2, -0.15) is 0 Å². The standard InChI is InChI=1S/C28H22.3C27H20/c1-19-11-13-21(14-12-19)22-15-17-23(18-16-22)28-26-9-5-3-7-24(26)20(2)25-8-4-6-10-27(25)28;1-19-10-2-5-13-22(19)25-16-8-9-17-26(25)27-23-14-6-3-11-20(23)18-21-12-4-7-15-24(21)27;1-19-8-6-11-20(16-19)21-12-7-13-24(17-21)27-25-14-4-2-9-22(25)18-23-10-3-5-15-26(23)27;1-19-10-12-20(13-11-19)21-14-16-22(17-15-21)27-25-8-4-2-6-23(25)18-24-7-3-5-9-26(24)27/h3-18H,1-2H3;3*2-18H,1H3. The lowest BCUT2D eigenvalue weighted by Gasteiger charge is -2.17. The van der Waals surface area contributed by atoms with Crippen molar-refractivity contribution in [3.63, 3.8) is 0 Å². The van der Waals surface area contributed by atoms with Crippen LogP contribution in [0.4, 0.5) is 0 Å². The van der Waals surface area contributed by atoms with Crippen molar-refractivity contribution < 1.29 is 0 Å². The zero-order valence-electron chi connectivity index (χ0n) is 62.2. The maximum Gasteiger partial charge on any atom is -0.00206 e. The van der Waals surface area contributed by atoms with Gasteiger partial charge in [-0.1, -0.05) is 399 Å². The molecule has 0 amide bonds. The van der Waals surface area contributed by atoms with Crippen LogP contribution in [0.1, 0.15) is 27.8 Å². The average Bonchev–Trinajstić information content (AvgIpc) is 0.413. The predicted molar refractivity (Wildman–Crippen MR) is 473 cm³/mol. The van der Waals surface area contributed by atoms with E-state index >= 15 is 0 Å². The highest BCUT2D eigenvalue weighted by molar-refractivity contribution is 6.18. The van der Waals surface area contributed by atoms with Crippen molar-refractivity contribution in [3.8, 4) is 89.0 Å². The molecule has 20 aromatic carbocycles. The van der Waals surface area contributed by atoms with Crippen molar-refractivity contribution in [2.24, 2.45) is 0 Å². The van der Waals surface area contributed by atoms with Crippen LogP contribution in [0, 0.1) is 34.6 Å². The topological polar surface area (TPSA) is 0 Å². The van der Waals surface area contributed by atoms with E-state index in [1.807, 2.05) is 0 Å². The Morgan fingerprint density at radius 1 is 0.138 bits per heavy atom. The molecule has 0 saturated carbocycles. The lowest BCUT2D eigenvalue weighted by Crippen LogP contribution is -1.90. The van der Waals surface area contributed by atoms with Gasteiger partial charge in [-0.05, 0) is 245 Å². The Balaban J connectivity index is 0.000000106. The van der Waals surface area contributed by atoms with Gasteiger partial charge in [0, 0.05) is 0 Å². The summed E-state index contributed by atoms with van der Waals surface area (Å²) in [5, 5.41) is 20.8. The minimum absolute atomic E-state index is 1.25. The molecule has 0 nitrogen and oxygen atoms in total. The zero-order valence-corrected chi connectivity index (χ0v) is 62.2. The molecule has 109 heavy (non-hydrogen) atoms. The van der Waals surface area contributed by atoms with E-state index in [1.165, 1.54) is 203 Å². The number of fused-ring (bicyclic) bond motifs is 8. The number of hydrogen-bond acceptors (Lipinski definition) is 0. The van der Waals surface area contributed by atoms with E-state index in [2.05, 4.69) is 441 Å². The Labute approximate surface area is 639 Å². The van der Waals surface area contributed by atoms with Crippen molar-refractivity contribution in [2.45, 2.75) is 34.6 Å². The normalized spacial score (nSPS) is 11.2. The van der Waals surface area contributed by atoms with Crippen molar-refractivity contribution in [1.29, 1.82) is 0 Å². The summed E-state index contributed by atoms with van der Waals surface area (Å²) >= 11 is 0. The van der Waals surface area contributed by atoms with Gasteiger partial charge in [0.25, 0.3) is 0 Å². The fourth-order valence-corrected chi connectivity index (χ4v) is 16.3.